The number of H-pyrrole nitrogens is 1. The highest BCUT2D eigenvalue weighted by atomic mass is 15.1. The van der Waals surface area contributed by atoms with Gasteiger partial charge < -0.3 is 5.32 Å². The van der Waals surface area contributed by atoms with Crippen LogP contribution >= 0.6 is 0 Å². The van der Waals surface area contributed by atoms with Crippen LogP contribution in [0.4, 0.5) is 0 Å². The van der Waals surface area contributed by atoms with Gasteiger partial charge in [-0.25, -0.2) is 0 Å². The van der Waals surface area contributed by atoms with E-state index in [1.54, 1.807) is 0 Å². The summed E-state index contributed by atoms with van der Waals surface area (Å²) in [6.45, 7) is 11.7. The van der Waals surface area contributed by atoms with E-state index >= 15 is 0 Å². The predicted molar refractivity (Wildman–Crippen MR) is 59.6 cm³/mol. The average Bonchev–Trinajstić information content (AvgIpc) is 2.52. The molecule has 0 unspecified atom stereocenters. The quantitative estimate of drug-likeness (QED) is 0.750. The van der Waals surface area contributed by atoms with Gasteiger partial charge in [-0.3, -0.25) is 5.10 Å². The van der Waals surface area contributed by atoms with E-state index in [0.29, 0.717) is 0 Å². The molecule has 0 aliphatic carbocycles. The highest BCUT2D eigenvalue weighted by Crippen LogP contribution is 2.10. The van der Waals surface area contributed by atoms with E-state index < -0.39 is 0 Å². The van der Waals surface area contributed by atoms with Crippen molar-refractivity contribution in [3.63, 3.8) is 0 Å². The summed E-state index contributed by atoms with van der Waals surface area (Å²) >= 11 is 0. The van der Waals surface area contributed by atoms with Gasteiger partial charge in [0.25, 0.3) is 0 Å². The van der Waals surface area contributed by atoms with Crippen molar-refractivity contribution in [2.24, 2.45) is 0 Å². The van der Waals surface area contributed by atoms with Crippen LogP contribution < -0.4 is 5.32 Å². The molecule has 0 aromatic carbocycles. The maximum Gasteiger partial charge on any atom is 0.108 e. The number of aromatic nitrogens is 2. The van der Waals surface area contributed by atoms with Gasteiger partial charge in [0.05, 0.1) is 5.70 Å². The molecule has 76 valence electrons. The second-order valence-corrected chi connectivity index (χ2v) is 3.41. The van der Waals surface area contributed by atoms with Gasteiger partial charge in [0.2, 0.25) is 0 Å². The molecule has 1 aromatic heterocycles. The topological polar surface area (TPSA) is 40.7 Å². The van der Waals surface area contributed by atoms with Gasteiger partial charge in [-0.2, -0.15) is 5.10 Å². The monoisotopic (exact) mass is 191 g/mol. The van der Waals surface area contributed by atoms with Crippen LogP contribution in [-0.2, 0) is 6.42 Å². The summed E-state index contributed by atoms with van der Waals surface area (Å²) in [5.74, 6) is 0. The number of nitrogens with one attached hydrogen (secondary N) is 2. The minimum atomic E-state index is 0.788. The van der Waals surface area contributed by atoms with E-state index in [0.717, 1.165) is 35.6 Å². The minimum absolute atomic E-state index is 0.788. The number of allylic oxidation sites excluding steroid dienone is 1. The maximum atomic E-state index is 4.16. The van der Waals surface area contributed by atoms with Gasteiger partial charge in [0, 0.05) is 11.4 Å². The second-order valence-electron chi connectivity index (χ2n) is 3.41. The fourth-order valence-electron chi connectivity index (χ4n) is 1.24. The van der Waals surface area contributed by atoms with Crippen molar-refractivity contribution in [1.82, 2.24) is 15.5 Å². The SMILES string of the molecule is C=C(C)NC(=C)c1cc(CCC)[nH]n1. The Balaban J connectivity index is 2.66. The second kappa shape index (κ2) is 4.65. The zero-order chi connectivity index (χ0) is 10.6. The first kappa shape index (κ1) is 10.6. The summed E-state index contributed by atoms with van der Waals surface area (Å²) in [7, 11) is 0. The Kier molecular flexibility index (Phi) is 3.51. The highest BCUT2D eigenvalue weighted by Gasteiger charge is 2.03. The van der Waals surface area contributed by atoms with Gasteiger partial charge in [-0.05, 0) is 19.4 Å². The first-order valence-corrected chi connectivity index (χ1v) is 4.79. The molecule has 0 amide bonds. The Morgan fingerprint density at radius 3 is 2.86 bits per heavy atom. The van der Waals surface area contributed by atoms with Gasteiger partial charge >= 0.3 is 0 Å². The molecule has 14 heavy (non-hydrogen) atoms. The molecule has 0 saturated carbocycles. The minimum Gasteiger partial charge on any atom is -0.358 e. The molecule has 0 spiro atoms. The normalized spacial score (nSPS) is 9.86. The van der Waals surface area contributed by atoms with E-state index in [9.17, 15) is 0 Å². The largest absolute Gasteiger partial charge is 0.358 e. The van der Waals surface area contributed by atoms with Crippen LogP contribution in [0.3, 0.4) is 0 Å². The lowest BCUT2D eigenvalue weighted by atomic mass is 10.2. The Morgan fingerprint density at radius 2 is 2.29 bits per heavy atom. The van der Waals surface area contributed by atoms with Gasteiger partial charge in [0.15, 0.2) is 0 Å². The van der Waals surface area contributed by atoms with Crippen molar-refractivity contribution in [2.45, 2.75) is 26.7 Å². The molecule has 0 saturated heterocycles. The van der Waals surface area contributed by atoms with Crippen molar-refractivity contribution in [3.05, 3.63) is 36.3 Å². The summed E-state index contributed by atoms with van der Waals surface area (Å²) in [6, 6.07) is 2.02. The number of rotatable bonds is 5. The summed E-state index contributed by atoms with van der Waals surface area (Å²) < 4.78 is 0. The van der Waals surface area contributed by atoms with Crippen molar-refractivity contribution >= 4 is 5.70 Å². The molecule has 0 aliphatic rings. The van der Waals surface area contributed by atoms with Gasteiger partial charge in [-0.15, -0.1) is 0 Å². The van der Waals surface area contributed by atoms with Crippen molar-refractivity contribution in [1.29, 1.82) is 0 Å². The third-order valence-corrected chi connectivity index (χ3v) is 1.82. The van der Waals surface area contributed by atoms with Crippen LogP contribution in [0.15, 0.2) is 24.9 Å². The van der Waals surface area contributed by atoms with Crippen LogP contribution in [-0.4, -0.2) is 10.2 Å². The summed E-state index contributed by atoms with van der Waals surface area (Å²) in [5, 5.41) is 10.2. The molecule has 1 heterocycles. The fourth-order valence-corrected chi connectivity index (χ4v) is 1.24. The smallest absolute Gasteiger partial charge is 0.108 e. The third-order valence-electron chi connectivity index (χ3n) is 1.82. The Hall–Kier alpha value is -1.51. The van der Waals surface area contributed by atoms with Crippen LogP contribution in [0.1, 0.15) is 31.7 Å². The first-order valence-electron chi connectivity index (χ1n) is 4.79. The molecule has 3 nitrogen and oxygen atoms in total. The van der Waals surface area contributed by atoms with E-state index in [-0.39, 0.29) is 0 Å². The fraction of sp³-hybridized carbons (Fsp3) is 0.364. The number of hydrogen-bond donors (Lipinski definition) is 2. The zero-order valence-corrected chi connectivity index (χ0v) is 8.85. The van der Waals surface area contributed by atoms with Crippen LogP contribution in [0, 0.1) is 0 Å². The molecular formula is C11H17N3. The molecule has 0 bridgehead atoms. The maximum absolute atomic E-state index is 4.16. The lowest BCUT2D eigenvalue weighted by Gasteiger charge is -2.04. The molecule has 1 rings (SSSR count). The van der Waals surface area contributed by atoms with Crippen LogP contribution in [0.2, 0.25) is 0 Å². The van der Waals surface area contributed by atoms with Crippen molar-refractivity contribution in [2.75, 3.05) is 0 Å². The van der Waals surface area contributed by atoms with Crippen molar-refractivity contribution < 1.29 is 0 Å². The lowest BCUT2D eigenvalue weighted by Crippen LogP contribution is -2.07. The number of hydrogen-bond acceptors (Lipinski definition) is 2. The van der Waals surface area contributed by atoms with E-state index in [1.165, 1.54) is 0 Å². The molecule has 0 radical (unpaired) electrons. The molecule has 1 aromatic rings. The summed E-state index contributed by atoms with van der Waals surface area (Å²) in [4.78, 5) is 0. The lowest BCUT2D eigenvalue weighted by molar-refractivity contribution is 0.866. The molecule has 0 atom stereocenters. The van der Waals surface area contributed by atoms with Crippen LogP contribution in [0.5, 0.6) is 0 Å². The first-order chi connectivity index (χ1) is 6.63. The number of aryl methyl sites for hydroxylation is 1. The zero-order valence-electron chi connectivity index (χ0n) is 8.85. The van der Waals surface area contributed by atoms with Gasteiger partial charge in [0.1, 0.15) is 5.69 Å². The molecule has 2 N–H and O–H groups in total. The van der Waals surface area contributed by atoms with E-state index in [2.05, 4.69) is 35.6 Å². The molecular weight excluding hydrogens is 174 g/mol. The molecule has 0 aliphatic heterocycles. The van der Waals surface area contributed by atoms with Crippen molar-refractivity contribution in [3.8, 4) is 0 Å². The van der Waals surface area contributed by atoms with E-state index in [1.807, 2.05) is 13.0 Å². The van der Waals surface area contributed by atoms with Crippen LogP contribution in [0.25, 0.3) is 5.70 Å². The molecule has 0 fully saturated rings. The highest BCUT2D eigenvalue weighted by molar-refractivity contribution is 5.59. The Morgan fingerprint density at radius 1 is 1.57 bits per heavy atom. The predicted octanol–water partition coefficient (Wildman–Crippen LogP) is 2.46. The Bertz CT molecular complexity index is 336. The average molecular weight is 191 g/mol. The Labute approximate surface area is 84.9 Å². The number of nitrogens with zero attached hydrogens (tertiary/aromatic N) is 1. The van der Waals surface area contributed by atoms with Gasteiger partial charge in [-0.1, -0.05) is 26.5 Å². The third kappa shape index (κ3) is 2.76. The summed E-state index contributed by atoms with van der Waals surface area (Å²) in [5.41, 5.74) is 3.66. The molecule has 3 heteroatoms. The standard InChI is InChI=1S/C11H17N3/c1-5-6-10-7-11(14-13-10)9(4)12-8(2)3/h7,12H,2,4-6H2,1,3H3,(H,13,14). The summed E-state index contributed by atoms with van der Waals surface area (Å²) in [6.07, 6.45) is 2.13. The number of aromatic amines is 1. The van der Waals surface area contributed by atoms with E-state index in [4.69, 9.17) is 0 Å².